The molecule has 37 heavy (non-hydrogen) atoms. The van der Waals surface area contributed by atoms with E-state index < -0.39 is 12.0 Å². The first-order chi connectivity index (χ1) is 17.9. The minimum atomic E-state index is -0.667. The molecule has 2 aliphatic rings. The van der Waals surface area contributed by atoms with Gasteiger partial charge >= 0.3 is 5.97 Å². The number of nitrogens with zero attached hydrogens (tertiary/aromatic N) is 2. The maximum atomic E-state index is 13.6. The highest BCUT2D eigenvalue weighted by Crippen LogP contribution is 2.50. The number of rotatable bonds is 9. The third-order valence-corrected chi connectivity index (χ3v) is 6.76. The predicted octanol–water partition coefficient (Wildman–Crippen LogP) is 4.89. The van der Waals surface area contributed by atoms with Crippen LogP contribution in [0.3, 0.4) is 0 Å². The van der Waals surface area contributed by atoms with Crippen LogP contribution in [-0.4, -0.2) is 48.8 Å². The number of benzene rings is 2. The van der Waals surface area contributed by atoms with E-state index in [1.807, 2.05) is 66.6 Å². The number of hydrogen-bond donors (Lipinski definition) is 1. The molecule has 0 bridgehead atoms. The van der Waals surface area contributed by atoms with E-state index in [9.17, 15) is 9.59 Å². The van der Waals surface area contributed by atoms with Gasteiger partial charge in [0.25, 0.3) is 0 Å². The Kier molecular flexibility index (Phi) is 8.23. The lowest BCUT2D eigenvalue weighted by molar-refractivity contribution is -0.139. The molecule has 1 amide bonds. The van der Waals surface area contributed by atoms with E-state index in [2.05, 4.69) is 5.32 Å². The number of amidine groups is 1. The fourth-order valence-corrected chi connectivity index (χ4v) is 5.37. The summed E-state index contributed by atoms with van der Waals surface area (Å²) < 4.78 is 16.9. The second-order valence-corrected chi connectivity index (χ2v) is 9.56. The highest BCUT2D eigenvalue weighted by atomic mass is 32.2. The lowest BCUT2D eigenvalue weighted by Gasteiger charge is -2.37. The Hall–Kier alpha value is -3.72. The quantitative estimate of drug-likeness (QED) is 0.470. The Balaban J connectivity index is 1.95. The van der Waals surface area contributed by atoms with Crippen molar-refractivity contribution >= 4 is 34.5 Å². The third kappa shape index (κ3) is 5.36. The average Bonchev–Trinajstić information content (AvgIpc) is 3.29. The van der Waals surface area contributed by atoms with E-state index in [0.29, 0.717) is 33.5 Å². The number of aliphatic imine (C=N–C) groups is 1. The van der Waals surface area contributed by atoms with Crippen LogP contribution in [0.4, 0.5) is 0 Å². The van der Waals surface area contributed by atoms with Crippen LogP contribution >= 0.6 is 11.8 Å². The van der Waals surface area contributed by atoms with Gasteiger partial charge in [0.1, 0.15) is 0 Å². The Morgan fingerprint density at radius 2 is 1.84 bits per heavy atom. The molecule has 0 fully saturated rings. The fraction of sp³-hybridized carbons (Fsp3) is 0.321. The van der Waals surface area contributed by atoms with E-state index in [1.54, 1.807) is 27.2 Å². The Morgan fingerprint density at radius 3 is 2.49 bits per heavy atom. The number of carbonyl (C=O) groups excluding carboxylic acids is 2. The van der Waals surface area contributed by atoms with Gasteiger partial charge in [-0.2, -0.15) is 0 Å². The Morgan fingerprint density at radius 1 is 1.08 bits per heavy atom. The summed E-state index contributed by atoms with van der Waals surface area (Å²) >= 11 is 1.42. The van der Waals surface area contributed by atoms with Crippen molar-refractivity contribution < 1.29 is 23.8 Å². The monoisotopic (exact) mass is 521 g/mol. The molecule has 4 rings (SSSR count). The SMILES string of the molecule is CCOC(=O)C1=C(c2ccccc2)N=C2SC=C(CC(=O)NC(C)C)N2C1c1cccc(OC)c1OC. The molecule has 1 atom stereocenters. The van der Waals surface area contributed by atoms with Crippen LogP contribution < -0.4 is 14.8 Å². The highest BCUT2D eigenvalue weighted by Gasteiger charge is 2.43. The van der Waals surface area contributed by atoms with Gasteiger partial charge < -0.3 is 24.4 Å². The first kappa shape index (κ1) is 26.3. The lowest BCUT2D eigenvalue weighted by Crippen LogP contribution is -2.39. The lowest BCUT2D eigenvalue weighted by atomic mass is 9.90. The smallest absolute Gasteiger partial charge is 0.338 e. The number of para-hydroxylation sites is 1. The summed E-state index contributed by atoms with van der Waals surface area (Å²) in [6.45, 7) is 5.81. The summed E-state index contributed by atoms with van der Waals surface area (Å²) in [5.41, 5.74) is 3.10. The van der Waals surface area contributed by atoms with Crippen molar-refractivity contribution in [2.24, 2.45) is 4.99 Å². The second kappa shape index (κ2) is 11.6. The second-order valence-electron chi connectivity index (χ2n) is 8.72. The van der Waals surface area contributed by atoms with Crippen molar-refractivity contribution in [3.63, 3.8) is 0 Å². The maximum absolute atomic E-state index is 13.6. The first-order valence-electron chi connectivity index (χ1n) is 12.1. The molecule has 0 aromatic heterocycles. The number of nitrogens with one attached hydrogen (secondary N) is 1. The number of methoxy groups -OCH3 is 2. The van der Waals surface area contributed by atoms with Crippen molar-refractivity contribution in [2.75, 3.05) is 20.8 Å². The van der Waals surface area contributed by atoms with Gasteiger partial charge in [0, 0.05) is 22.9 Å². The molecule has 0 saturated carbocycles. The molecule has 9 heteroatoms. The molecule has 0 saturated heterocycles. The largest absolute Gasteiger partial charge is 0.493 e. The molecule has 8 nitrogen and oxygen atoms in total. The number of esters is 1. The molecule has 0 radical (unpaired) electrons. The number of hydrogen-bond acceptors (Lipinski definition) is 8. The van der Waals surface area contributed by atoms with E-state index in [-0.39, 0.29) is 25.0 Å². The molecular formula is C28H31N3O5S. The van der Waals surface area contributed by atoms with Gasteiger partial charge in [-0.05, 0) is 32.2 Å². The highest BCUT2D eigenvalue weighted by molar-refractivity contribution is 8.16. The van der Waals surface area contributed by atoms with E-state index in [4.69, 9.17) is 19.2 Å². The minimum absolute atomic E-state index is 0.00518. The topological polar surface area (TPSA) is 89.5 Å². The molecule has 2 heterocycles. The number of amides is 1. The zero-order valence-electron chi connectivity index (χ0n) is 21.6. The van der Waals surface area contributed by atoms with Crippen LogP contribution in [-0.2, 0) is 14.3 Å². The summed E-state index contributed by atoms with van der Waals surface area (Å²) in [6, 6.07) is 14.4. The van der Waals surface area contributed by atoms with Gasteiger partial charge in [-0.25, -0.2) is 9.79 Å². The Labute approximate surface area is 221 Å². The Bertz CT molecular complexity index is 1270. The summed E-state index contributed by atoms with van der Waals surface area (Å²) in [5, 5.41) is 5.52. The minimum Gasteiger partial charge on any atom is -0.493 e. The number of fused-ring (bicyclic) bond motifs is 1. The molecule has 1 N–H and O–H groups in total. The molecule has 2 aromatic rings. The van der Waals surface area contributed by atoms with E-state index in [0.717, 1.165) is 11.3 Å². The van der Waals surface area contributed by atoms with E-state index in [1.165, 1.54) is 11.8 Å². The molecular weight excluding hydrogens is 490 g/mol. The van der Waals surface area contributed by atoms with Gasteiger partial charge in [0.2, 0.25) is 5.91 Å². The standard InChI is InChI=1S/C28H31N3O5S/c1-6-36-27(33)23-24(18-11-8-7-9-12-18)30-28-31(19(16-37-28)15-22(32)29-17(2)3)25(23)20-13-10-14-21(34-4)26(20)35-5/h7-14,16-17,25H,6,15H2,1-5H3,(H,29,32). The zero-order valence-corrected chi connectivity index (χ0v) is 22.4. The number of ether oxygens (including phenoxy) is 3. The van der Waals surface area contributed by atoms with Crippen LogP contribution in [0.2, 0.25) is 0 Å². The maximum Gasteiger partial charge on any atom is 0.338 e. The van der Waals surface area contributed by atoms with Gasteiger partial charge in [-0.3, -0.25) is 4.79 Å². The van der Waals surface area contributed by atoms with Crippen LogP contribution in [0.5, 0.6) is 11.5 Å². The van der Waals surface area contributed by atoms with Gasteiger partial charge in [-0.1, -0.05) is 54.2 Å². The summed E-state index contributed by atoms with van der Waals surface area (Å²) in [6.07, 6.45) is 0.129. The van der Waals surface area contributed by atoms with E-state index >= 15 is 0 Å². The molecule has 1 unspecified atom stereocenters. The van der Waals surface area contributed by atoms with Gasteiger partial charge in [-0.15, -0.1) is 0 Å². The van der Waals surface area contributed by atoms with Crippen molar-refractivity contribution in [3.05, 3.63) is 76.3 Å². The van der Waals surface area contributed by atoms with Crippen molar-refractivity contribution in [1.82, 2.24) is 10.2 Å². The summed E-state index contributed by atoms with van der Waals surface area (Å²) in [7, 11) is 3.14. The fourth-order valence-electron chi connectivity index (χ4n) is 4.45. The van der Waals surface area contributed by atoms with Crippen LogP contribution in [0.1, 0.15) is 44.4 Å². The zero-order chi connectivity index (χ0) is 26.5. The third-order valence-electron chi connectivity index (χ3n) is 5.87. The van der Waals surface area contributed by atoms with Gasteiger partial charge in [0.05, 0.1) is 44.6 Å². The molecule has 194 valence electrons. The first-order valence-corrected chi connectivity index (χ1v) is 13.0. The molecule has 0 aliphatic carbocycles. The molecule has 0 spiro atoms. The predicted molar refractivity (Wildman–Crippen MR) is 145 cm³/mol. The van der Waals surface area contributed by atoms with Crippen LogP contribution in [0.25, 0.3) is 5.70 Å². The molecule has 2 aromatic carbocycles. The molecule has 2 aliphatic heterocycles. The van der Waals surface area contributed by atoms with Crippen LogP contribution in [0, 0.1) is 0 Å². The summed E-state index contributed by atoms with van der Waals surface area (Å²) in [4.78, 5) is 33.3. The summed E-state index contributed by atoms with van der Waals surface area (Å²) in [5.74, 6) is 0.425. The van der Waals surface area contributed by atoms with Crippen molar-refractivity contribution in [3.8, 4) is 11.5 Å². The van der Waals surface area contributed by atoms with Crippen molar-refractivity contribution in [1.29, 1.82) is 0 Å². The van der Waals surface area contributed by atoms with Crippen molar-refractivity contribution in [2.45, 2.75) is 39.3 Å². The number of carbonyl (C=O) groups is 2. The number of thioether (sulfide) groups is 1. The normalized spacial score (nSPS) is 16.7. The van der Waals surface area contributed by atoms with Gasteiger partial charge in [0.15, 0.2) is 16.7 Å². The van der Waals surface area contributed by atoms with Crippen LogP contribution in [0.15, 0.2) is 70.2 Å². The average molecular weight is 522 g/mol.